The molecule has 1 unspecified atom stereocenters. The van der Waals surface area contributed by atoms with Crippen molar-refractivity contribution < 1.29 is 9.90 Å². The average Bonchev–Trinajstić information content (AvgIpc) is 2.93. The van der Waals surface area contributed by atoms with Crippen LogP contribution in [0.5, 0.6) is 0 Å². The van der Waals surface area contributed by atoms with Gasteiger partial charge < -0.3 is 5.11 Å². The summed E-state index contributed by atoms with van der Waals surface area (Å²) in [5.41, 5.74) is 0.361. The SMILES string of the molecule is CCC(C)(Cn1nnnc1CCc1ccccc1)C(=O)O. The van der Waals surface area contributed by atoms with E-state index in [0.29, 0.717) is 12.8 Å². The van der Waals surface area contributed by atoms with E-state index >= 15 is 0 Å². The Balaban J connectivity index is 2.07. The highest BCUT2D eigenvalue weighted by Crippen LogP contribution is 2.24. The lowest BCUT2D eigenvalue weighted by molar-refractivity contribution is -0.149. The van der Waals surface area contributed by atoms with E-state index in [2.05, 4.69) is 27.7 Å². The number of carbonyl (C=O) groups is 1. The van der Waals surface area contributed by atoms with Gasteiger partial charge in [0.25, 0.3) is 0 Å². The number of aromatic nitrogens is 4. The first-order chi connectivity index (χ1) is 10.0. The van der Waals surface area contributed by atoms with E-state index < -0.39 is 11.4 Å². The Hall–Kier alpha value is -2.24. The van der Waals surface area contributed by atoms with E-state index in [9.17, 15) is 9.90 Å². The van der Waals surface area contributed by atoms with E-state index in [0.717, 1.165) is 12.2 Å². The molecule has 0 radical (unpaired) electrons. The first-order valence-electron chi connectivity index (χ1n) is 7.07. The van der Waals surface area contributed by atoms with Crippen molar-refractivity contribution in [1.29, 1.82) is 0 Å². The summed E-state index contributed by atoms with van der Waals surface area (Å²) in [5, 5.41) is 21.0. The summed E-state index contributed by atoms with van der Waals surface area (Å²) < 4.78 is 1.61. The number of rotatable bonds is 7. The molecule has 1 N–H and O–H groups in total. The van der Waals surface area contributed by atoms with Crippen LogP contribution in [0.15, 0.2) is 30.3 Å². The zero-order valence-corrected chi connectivity index (χ0v) is 12.4. The van der Waals surface area contributed by atoms with Crippen LogP contribution in [-0.4, -0.2) is 31.3 Å². The van der Waals surface area contributed by atoms with Gasteiger partial charge in [-0.15, -0.1) is 5.10 Å². The summed E-state index contributed by atoms with van der Waals surface area (Å²) in [5.74, 6) is -0.103. The molecule has 112 valence electrons. The van der Waals surface area contributed by atoms with Crippen LogP contribution in [0.3, 0.4) is 0 Å². The lowest BCUT2D eigenvalue weighted by Gasteiger charge is -2.22. The number of nitrogens with zero attached hydrogens (tertiary/aromatic N) is 4. The predicted molar refractivity (Wildman–Crippen MR) is 77.7 cm³/mol. The predicted octanol–water partition coefficient (Wildman–Crippen LogP) is 1.96. The van der Waals surface area contributed by atoms with Gasteiger partial charge in [-0.1, -0.05) is 37.3 Å². The molecule has 21 heavy (non-hydrogen) atoms. The van der Waals surface area contributed by atoms with Crippen molar-refractivity contribution in [3.63, 3.8) is 0 Å². The Bertz CT molecular complexity index is 597. The molecule has 0 aliphatic carbocycles. The molecule has 0 aliphatic rings. The van der Waals surface area contributed by atoms with Gasteiger partial charge in [0.1, 0.15) is 0 Å². The molecule has 0 amide bonds. The maximum absolute atomic E-state index is 11.4. The second-order valence-corrected chi connectivity index (χ2v) is 5.46. The topological polar surface area (TPSA) is 80.9 Å². The van der Waals surface area contributed by atoms with Crippen molar-refractivity contribution in [1.82, 2.24) is 20.2 Å². The van der Waals surface area contributed by atoms with Gasteiger partial charge in [0, 0.05) is 6.42 Å². The monoisotopic (exact) mass is 288 g/mol. The molecule has 0 spiro atoms. The molecule has 0 saturated carbocycles. The van der Waals surface area contributed by atoms with Gasteiger partial charge in [0.05, 0.1) is 12.0 Å². The molecule has 1 aromatic carbocycles. The van der Waals surface area contributed by atoms with Crippen molar-refractivity contribution in [2.75, 3.05) is 0 Å². The normalized spacial score (nSPS) is 13.8. The molecule has 6 nitrogen and oxygen atoms in total. The maximum atomic E-state index is 11.4. The molecule has 1 atom stereocenters. The number of aryl methyl sites for hydroxylation is 2. The van der Waals surface area contributed by atoms with Gasteiger partial charge >= 0.3 is 5.97 Å². The minimum absolute atomic E-state index is 0.288. The highest BCUT2D eigenvalue weighted by atomic mass is 16.4. The molecular weight excluding hydrogens is 268 g/mol. The number of aliphatic carboxylic acids is 1. The molecule has 1 heterocycles. The number of benzene rings is 1. The summed E-state index contributed by atoms with van der Waals surface area (Å²) in [6.45, 7) is 3.87. The van der Waals surface area contributed by atoms with Crippen molar-refractivity contribution in [3.05, 3.63) is 41.7 Å². The van der Waals surface area contributed by atoms with E-state index in [1.807, 2.05) is 25.1 Å². The van der Waals surface area contributed by atoms with Crippen LogP contribution in [0.1, 0.15) is 31.7 Å². The molecule has 2 rings (SSSR count). The van der Waals surface area contributed by atoms with E-state index in [1.54, 1.807) is 11.6 Å². The second-order valence-electron chi connectivity index (χ2n) is 5.46. The quantitative estimate of drug-likeness (QED) is 0.842. The van der Waals surface area contributed by atoms with Crippen molar-refractivity contribution in [2.24, 2.45) is 5.41 Å². The molecule has 6 heteroatoms. The van der Waals surface area contributed by atoms with Gasteiger partial charge in [0.15, 0.2) is 5.82 Å². The lowest BCUT2D eigenvalue weighted by atomic mass is 9.88. The Morgan fingerprint density at radius 1 is 1.29 bits per heavy atom. The van der Waals surface area contributed by atoms with E-state index in [1.165, 1.54) is 5.56 Å². The van der Waals surface area contributed by atoms with Gasteiger partial charge in [-0.05, 0) is 35.8 Å². The fourth-order valence-corrected chi connectivity index (χ4v) is 2.09. The fourth-order valence-electron chi connectivity index (χ4n) is 2.09. The van der Waals surface area contributed by atoms with Crippen LogP contribution < -0.4 is 0 Å². The van der Waals surface area contributed by atoms with Gasteiger partial charge in [-0.25, -0.2) is 4.68 Å². The molecule has 0 bridgehead atoms. The van der Waals surface area contributed by atoms with Crippen LogP contribution in [0.4, 0.5) is 0 Å². The third-order valence-electron chi connectivity index (χ3n) is 3.88. The largest absolute Gasteiger partial charge is 0.481 e. The minimum atomic E-state index is -0.850. The number of hydrogen-bond acceptors (Lipinski definition) is 4. The van der Waals surface area contributed by atoms with E-state index in [4.69, 9.17) is 0 Å². The van der Waals surface area contributed by atoms with Crippen molar-refractivity contribution in [2.45, 2.75) is 39.7 Å². The van der Waals surface area contributed by atoms with Crippen LogP contribution in [0.2, 0.25) is 0 Å². The van der Waals surface area contributed by atoms with Gasteiger partial charge in [-0.3, -0.25) is 4.79 Å². The van der Waals surface area contributed by atoms with Crippen LogP contribution in [0, 0.1) is 5.41 Å². The first kappa shape index (κ1) is 15.2. The van der Waals surface area contributed by atoms with Crippen molar-refractivity contribution in [3.8, 4) is 0 Å². The first-order valence-corrected chi connectivity index (χ1v) is 7.07. The number of tetrazole rings is 1. The molecular formula is C15H20N4O2. The minimum Gasteiger partial charge on any atom is -0.481 e. The zero-order valence-electron chi connectivity index (χ0n) is 12.4. The Morgan fingerprint density at radius 2 is 2.00 bits per heavy atom. The third-order valence-corrected chi connectivity index (χ3v) is 3.88. The molecule has 0 saturated heterocycles. The van der Waals surface area contributed by atoms with Gasteiger partial charge in [0.2, 0.25) is 0 Å². The van der Waals surface area contributed by atoms with E-state index in [-0.39, 0.29) is 6.54 Å². The van der Waals surface area contributed by atoms with Crippen LogP contribution in [0.25, 0.3) is 0 Å². The molecule has 2 aromatic rings. The molecule has 0 fully saturated rings. The fraction of sp³-hybridized carbons (Fsp3) is 0.467. The lowest BCUT2D eigenvalue weighted by Crippen LogP contribution is -2.33. The average molecular weight is 288 g/mol. The van der Waals surface area contributed by atoms with Gasteiger partial charge in [-0.2, -0.15) is 0 Å². The summed E-state index contributed by atoms with van der Waals surface area (Å²) in [6.07, 6.45) is 2.05. The Labute approximate surface area is 123 Å². The third kappa shape index (κ3) is 3.65. The zero-order chi connectivity index (χ0) is 15.3. The number of carboxylic acid groups (broad SMARTS) is 1. The second kappa shape index (κ2) is 6.47. The standard InChI is InChI=1S/C15H20N4O2/c1-3-15(2,14(20)21)11-19-13(16-17-18-19)10-9-12-7-5-4-6-8-12/h4-8H,3,9-11H2,1-2H3,(H,20,21). The van der Waals surface area contributed by atoms with Crippen LogP contribution >= 0.6 is 0 Å². The summed E-state index contributed by atoms with van der Waals surface area (Å²) in [6, 6.07) is 10.1. The number of hydrogen-bond donors (Lipinski definition) is 1. The Morgan fingerprint density at radius 3 is 2.62 bits per heavy atom. The molecule has 0 aliphatic heterocycles. The summed E-state index contributed by atoms with van der Waals surface area (Å²) >= 11 is 0. The maximum Gasteiger partial charge on any atom is 0.311 e. The van der Waals surface area contributed by atoms with Crippen LogP contribution in [-0.2, 0) is 24.2 Å². The highest BCUT2D eigenvalue weighted by molar-refractivity contribution is 5.73. The molecule has 1 aromatic heterocycles. The number of carboxylic acids is 1. The summed E-state index contributed by atoms with van der Waals surface area (Å²) in [7, 11) is 0. The summed E-state index contributed by atoms with van der Waals surface area (Å²) in [4.78, 5) is 11.4. The Kier molecular flexibility index (Phi) is 4.67. The smallest absolute Gasteiger partial charge is 0.311 e. The van der Waals surface area contributed by atoms with Crippen molar-refractivity contribution >= 4 is 5.97 Å². The highest BCUT2D eigenvalue weighted by Gasteiger charge is 2.32.